The standard InChI is InChI=1S/C29H33N3O5/c1-16(2)31(18(5)33)12-11-19-20-9-7-8-10-24(20)30-26-21(19)14-32-25(26)13-23-22(27(32)34)15-36-28(35)29(23,6)37-17(3)4/h7-10,13,16-17H,11-12,14-15H2,1-6H3/t29-/m0/s1. The number of fused-ring (bicyclic) bond motifs is 5. The summed E-state index contributed by atoms with van der Waals surface area (Å²) in [4.78, 5) is 45.7. The second-order valence-corrected chi connectivity index (χ2v) is 10.6. The lowest BCUT2D eigenvalue weighted by molar-refractivity contribution is -0.183. The van der Waals surface area contributed by atoms with Gasteiger partial charge in [0.2, 0.25) is 5.91 Å². The van der Waals surface area contributed by atoms with Gasteiger partial charge in [-0.2, -0.15) is 0 Å². The van der Waals surface area contributed by atoms with Gasteiger partial charge in [0.15, 0.2) is 5.60 Å². The quantitative estimate of drug-likeness (QED) is 0.371. The minimum Gasteiger partial charge on any atom is -0.458 e. The van der Waals surface area contributed by atoms with Gasteiger partial charge < -0.3 is 18.9 Å². The van der Waals surface area contributed by atoms with Crippen molar-refractivity contribution in [3.63, 3.8) is 0 Å². The Bertz CT molecular complexity index is 1490. The molecule has 0 aliphatic carbocycles. The Morgan fingerprint density at radius 2 is 1.92 bits per heavy atom. The van der Waals surface area contributed by atoms with Gasteiger partial charge in [0, 0.05) is 36.0 Å². The first-order valence-electron chi connectivity index (χ1n) is 12.8. The van der Waals surface area contributed by atoms with E-state index in [0.717, 1.165) is 27.7 Å². The zero-order chi connectivity index (χ0) is 26.6. The Kier molecular flexibility index (Phi) is 6.18. The van der Waals surface area contributed by atoms with Crippen molar-refractivity contribution in [2.45, 2.75) is 78.9 Å². The predicted octanol–water partition coefficient (Wildman–Crippen LogP) is 3.92. The first kappa shape index (κ1) is 25.1. The van der Waals surface area contributed by atoms with Crippen LogP contribution in [0.25, 0.3) is 22.3 Å². The number of amides is 1. The van der Waals surface area contributed by atoms with E-state index in [1.807, 2.05) is 62.9 Å². The van der Waals surface area contributed by atoms with Gasteiger partial charge in [-0.3, -0.25) is 9.59 Å². The molecule has 8 heteroatoms. The van der Waals surface area contributed by atoms with Gasteiger partial charge in [0.05, 0.1) is 35.1 Å². The molecule has 0 unspecified atom stereocenters. The largest absolute Gasteiger partial charge is 0.458 e. The first-order valence-corrected chi connectivity index (χ1v) is 12.8. The van der Waals surface area contributed by atoms with Crippen LogP contribution < -0.4 is 5.56 Å². The molecule has 8 nitrogen and oxygen atoms in total. The Labute approximate surface area is 216 Å². The molecule has 1 aromatic carbocycles. The summed E-state index contributed by atoms with van der Waals surface area (Å²) in [6, 6.07) is 9.90. The van der Waals surface area contributed by atoms with E-state index in [4.69, 9.17) is 14.5 Å². The van der Waals surface area contributed by atoms with Crippen LogP contribution in [-0.4, -0.2) is 45.0 Å². The highest BCUT2D eigenvalue weighted by Crippen LogP contribution is 2.41. The smallest absolute Gasteiger partial charge is 0.343 e. The van der Waals surface area contributed by atoms with E-state index in [0.29, 0.717) is 36.3 Å². The van der Waals surface area contributed by atoms with Crippen LogP contribution in [0, 0.1) is 0 Å². The number of cyclic esters (lactones) is 1. The van der Waals surface area contributed by atoms with E-state index in [2.05, 4.69) is 0 Å². The fourth-order valence-corrected chi connectivity index (χ4v) is 5.73. The number of hydrogen-bond acceptors (Lipinski definition) is 6. The topological polar surface area (TPSA) is 90.7 Å². The number of para-hydroxylation sites is 1. The number of esters is 1. The second-order valence-electron chi connectivity index (χ2n) is 10.6. The van der Waals surface area contributed by atoms with Crippen molar-refractivity contribution in [1.29, 1.82) is 0 Å². The van der Waals surface area contributed by atoms with Crippen LogP contribution in [0.5, 0.6) is 0 Å². The molecule has 2 aliphatic heterocycles. The molecule has 4 heterocycles. The molecule has 1 atom stereocenters. The van der Waals surface area contributed by atoms with E-state index in [-0.39, 0.29) is 30.2 Å². The van der Waals surface area contributed by atoms with Crippen LogP contribution in [0.1, 0.15) is 63.8 Å². The molecule has 0 saturated heterocycles. The number of rotatable bonds is 6. The second kappa shape index (κ2) is 9.10. The van der Waals surface area contributed by atoms with Gasteiger partial charge in [-0.15, -0.1) is 0 Å². The number of carbonyl (C=O) groups is 2. The lowest BCUT2D eigenvalue weighted by atomic mass is 9.89. The summed E-state index contributed by atoms with van der Waals surface area (Å²) in [6.45, 7) is 11.8. The zero-order valence-corrected chi connectivity index (χ0v) is 22.3. The summed E-state index contributed by atoms with van der Waals surface area (Å²) in [5, 5.41) is 1.02. The molecular weight excluding hydrogens is 470 g/mol. The van der Waals surface area contributed by atoms with Crippen LogP contribution in [0.15, 0.2) is 35.1 Å². The van der Waals surface area contributed by atoms with Crippen molar-refractivity contribution < 1.29 is 19.1 Å². The van der Waals surface area contributed by atoms with Gasteiger partial charge >= 0.3 is 5.97 Å². The van der Waals surface area contributed by atoms with Crippen molar-refractivity contribution in [3.05, 3.63) is 62.9 Å². The van der Waals surface area contributed by atoms with Gasteiger partial charge in [-0.25, -0.2) is 9.78 Å². The van der Waals surface area contributed by atoms with Crippen molar-refractivity contribution >= 4 is 22.8 Å². The summed E-state index contributed by atoms with van der Waals surface area (Å²) < 4.78 is 13.2. The summed E-state index contributed by atoms with van der Waals surface area (Å²) in [5.41, 5.74) is 3.70. The molecule has 5 rings (SSSR count). The van der Waals surface area contributed by atoms with Gasteiger partial charge in [-0.1, -0.05) is 18.2 Å². The van der Waals surface area contributed by atoms with Crippen LogP contribution >= 0.6 is 0 Å². The highest BCUT2D eigenvalue weighted by atomic mass is 16.6. The van der Waals surface area contributed by atoms with E-state index in [1.165, 1.54) is 0 Å². The monoisotopic (exact) mass is 503 g/mol. The van der Waals surface area contributed by atoms with Gasteiger partial charge in [0.25, 0.3) is 5.56 Å². The number of ether oxygens (including phenoxy) is 2. The van der Waals surface area contributed by atoms with Crippen molar-refractivity contribution in [3.8, 4) is 11.4 Å². The molecular formula is C29H33N3O5. The third-order valence-electron chi connectivity index (χ3n) is 7.42. The SMILES string of the molecule is CC(=O)N(CCc1c2c(nc3ccccc13)-c1cc3c(c(=O)n1C2)COC(=O)[C@@]3(C)OC(C)C)C(C)C. The zero-order valence-electron chi connectivity index (χ0n) is 22.3. The van der Waals surface area contributed by atoms with Crippen LogP contribution in [0.2, 0.25) is 0 Å². The summed E-state index contributed by atoms with van der Waals surface area (Å²) in [7, 11) is 0. The molecule has 0 saturated carbocycles. The number of hydrogen-bond donors (Lipinski definition) is 0. The molecule has 0 spiro atoms. The predicted molar refractivity (Wildman–Crippen MR) is 140 cm³/mol. The minimum absolute atomic E-state index is 0.0336. The third kappa shape index (κ3) is 4.03. The number of carbonyl (C=O) groups excluding carboxylic acids is 2. The summed E-state index contributed by atoms with van der Waals surface area (Å²) in [5.74, 6) is -0.465. The fourth-order valence-electron chi connectivity index (χ4n) is 5.73. The maximum Gasteiger partial charge on any atom is 0.343 e. The van der Waals surface area contributed by atoms with E-state index in [9.17, 15) is 14.4 Å². The van der Waals surface area contributed by atoms with Crippen LogP contribution in [-0.2, 0) is 44.2 Å². The van der Waals surface area contributed by atoms with E-state index < -0.39 is 11.6 Å². The van der Waals surface area contributed by atoms with Gasteiger partial charge in [0.1, 0.15) is 6.61 Å². The molecule has 194 valence electrons. The third-order valence-corrected chi connectivity index (χ3v) is 7.42. The molecule has 3 aromatic rings. The van der Waals surface area contributed by atoms with E-state index in [1.54, 1.807) is 18.4 Å². The average molecular weight is 504 g/mol. The minimum atomic E-state index is -1.38. The maximum absolute atomic E-state index is 13.7. The normalized spacial score (nSPS) is 18.1. The van der Waals surface area contributed by atoms with Crippen molar-refractivity contribution in [2.75, 3.05) is 6.54 Å². The highest BCUT2D eigenvalue weighted by molar-refractivity contribution is 5.89. The molecule has 0 fully saturated rings. The maximum atomic E-state index is 13.7. The fraction of sp³-hybridized carbons (Fsp3) is 0.448. The molecule has 0 bridgehead atoms. The highest BCUT2D eigenvalue weighted by Gasteiger charge is 2.46. The molecule has 0 radical (unpaired) electrons. The lowest BCUT2D eigenvalue weighted by Crippen LogP contribution is -2.45. The van der Waals surface area contributed by atoms with Crippen LogP contribution in [0.3, 0.4) is 0 Å². The van der Waals surface area contributed by atoms with Gasteiger partial charge in [-0.05, 0) is 58.7 Å². The van der Waals surface area contributed by atoms with Crippen molar-refractivity contribution in [2.24, 2.45) is 0 Å². The first-order chi connectivity index (χ1) is 17.5. The number of pyridine rings is 2. The molecule has 2 aliphatic rings. The summed E-state index contributed by atoms with van der Waals surface area (Å²) >= 11 is 0. The van der Waals surface area contributed by atoms with E-state index >= 15 is 0 Å². The molecule has 37 heavy (non-hydrogen) atoms. The Balaban J connectivity index is 1.69. The average Bonchev–Trinajstić information content (AvgIpc) is 3.19. The van der Waals surface area contributed by atoms with Crippen LogP contribution in [0.4, 0.5) is 0 Å². The summed E-state index contributed by atoms with van der Waals surface area (Å²) in [6.07, 6.45) is 0.395. The molecule has 2 aromatic heterocycles. The number of nitrogens with zero attached hydrogens (tertiary/aromatic N) is 3. The Morgan fingerprint density at radius 3 is 2.59 bits per heavy atom. The Hall–Kier alpha value is -3.52. The lowest BCUT2D eigenvalue weighted by Gasteiger charge is -2.35. The number of benzene rings is 1. The molecule has 1 amide bonds. The Morgan fingerprint density at radius 1 is 1.19 bits per heavy atom. The molecule has 0 N–H and O–H groups in total. The van der Waals surface area contributed by atoms with Crippen molar-refractivity contribution in [1.82, 2.24) is 14.5 Å². The number of aromatic nitrogens is 2.